The zero-order chi connectivity index (χ0) is 15.4. The van der Waals surface area contributed by atoms with Crippen LogP contribution in [0.3, 0.4) is 0 Å². The van der Waals surface area contributed by atoms with Gasteiger partial charge in [0.25, 0.3) is 5.91 Å². The maximum atomic E-state index is 12.3. The summed E-state index contributed by atoms with van der Waals surface area (Å²) >= 11 is 1.17. The van der Waals surface area contributed by atoms with Gasteiger partial charge in [0, 0.05) is 20.1 Å². The van der Waals surface area contributed by atoms with Gasteiger partial charge in [-0.2, -0.15) is 0 Å². The molecule has 1 atom stereocenters. The van der Waals surface area contributed by atoms with Crippen LogP contribution in [0.5, 0.6) is 0 Å². The van der Waals surface area contributed by atoms with Gasteiger partial charge in [-0.05, 0) is 26.2 Å². The number of piperidine rings is 1. The molecule has 8 heteroatoms. The van der Waals surface area contributed by atoms with Crippen molar-refractivity contribution in [1.29, 1.82) is 0 Å². The van der Waals surface area contributed by atoms with E-state index in [1.54, 1.807) is 14.0 Å². The lowest BCUT2D eigenvalue weighted by atomic mass is 10.1. The highest BCUT2D eigenvalue weighted by molar-refractivity contribution is 7.18. The molecule has 0 saturated carbocycles. The van der Waals surface area contributed by atoms with Gasteiger partial charge in [0.1, 0.15) is 16.7 Å². The van der Waals surface area contributed by atoms with Crippen LogP contribution >= 0.6 is 11.3 Å². The maximum absolute atomic E-state index is 12.3. The molecule has 1 aromatic heterocycles. The molecule has 2 amide bonds. The number of hydrogen-bond donors (Lipinski definition) is 3. The third-order valence-corrected chi connectivity index (χ3v) is 4.55. The van der Waals surface area contributed by atoms with Crippen molar-refractivity contribution in [2.24, 2.45) is 0 Å². The van der Waals surface area contributed by atoms with E-state index in [1.807, 2.05) is 4.90 Å². The fraction of sp³-hybridized carbons (Fsp3) is 0.615. The first-order valence-electron chi connectivity index (χ1n) is 7.06. The number of aromatic nitrogens is 1. The Morgan fingerprint density at radius 1 is 1.33 bits per heavy atom. The lowest BCUT2D eigenvalue weighted by molar-refractivity contribution is -0.133. The van der Waals surface area contributed by atoms with Crippen molar-refractivity contribution in [3.8, 4) is 0 Å². The Bertz CT molecular complexity index is 525. The molecule has 0 bridgehead atoms. The van der Waals surface area contributed by atoms with Gasteiger partial charge in [-0.3, -0.25) is 9.59 Å². The van der Waals surface area contributed by atoms with Crippen molar-refractivity contribution in [1.82, 2.24) is 15.2 Å². The molecule has 0 aliphatic carbocycles. The van der Waals surface area contributed by atoms with Crippen LogP contribution in [0.1, 0.15) is 35.9 Å². The predicted molar refractivity (Wildman–Crippen MR) is 83.4 cm³/mol. The summed E-state index contributed by atoms with van der Waals surface area (Å²) in [4.78, 5) is 30.6. The molecular weight excluding hydrogens is 290 g/mol. The molecule has 116 valence electrons. The fourth-order valence-corrected chi connectivity index (χ4v) is 3.05. The van der Waals surface area contributed by atoms with Crippen molar-refractivity contribution in [2.75, 3.05) is 31.2 Å². The second-order valence-electron chi connectivity index (χ2n) is 5.06. The first-order valence-corrected chi connectivity index (χ1v) is 7.88. The van der Waals surface area contributed by atoms with Crippen molar-refractivity contribution >= 4 is 34.1 Å². The summed E-state index contributed by atoms with van der Waals surface area (Å²) in [5.41, 5.74) is 5.72. The molecule has 1 saturated heterocycles. The Kier molecular flexibility index (Phi) is 5.00. The quantitative estimate of drug-likeness (QED) is 0.767. The lowest BCUT2D eigenvalue weighted by Crippen LogP contribution is -2.48. The average molecular weight is 311 g/mol. The van der Waals surface area contributed by atoms with Gasteiger partial charge >= 0.3 is 0 Å². The number of carbonyl (C=O) groups is 2. The Balaban J connectivity index is 1.97. The normalized spacial score (nSPS) is 16.4. The number of hydrogen-bond acceptors (Lipinski definition) is 6. The van der Waals surface area contributed by atoms with E-state index >= 15 is 0 Å². The van der Waals surface area contributed by atoms with Crippen molar-refractivity contribution in [2.45, 2.75) is 32.2 Å². The summed E-state index contributed by atoms with van der Waals surface area (Å²) in [5, 5.41) is 6.12. The Morgan fingerprint density at radius 2 is 2.00 bits per heavy atom. The summed E-state index contributed by atoms with van der Waals surface area (Å²) in [7, 11) is 1.71. The SMILES string of the molecule is CNc1nc(N)c(C(=O)NC(C)C(=O)N2CCCCC2)s1. The van der Waals surface area contributed by atoms with Gasteiger partial charge < -0.3 is 21.3 Å². The van der Waals surface area contributed by atoms with Gasteiger partial charge in [0.2, 0.25) is 5.91 Å². The third kappa shape index (κ3) is 3.63. The van der Waals surface area contributed by atoms with Crippen LogP contribution in [0.15, 0.2) is 0 Å². The Morgan fingerprint density at radius 3 is 2.57 bits per heavy atom. The fourth-order valence-electron chi connectivity index (χ4n) is 2.31. The monoisotopic (exact) mass is 311 g/mol. The van der Waals surface area contributed by atoms with Gasteiger partial charge in [0.15, 0.2) is 5.13 Å². The highest BCUT2D eigenvalue weighted by Crippen LogP contribution is 2.24. The van der Waals surface area contributed by atoms with Crippen LogP contribution in [0.2, 0.25) is 0 Å². The van der Waals surface area contributed by atoms with Gasteiger partial charge in [0.05, 0.1) is 0 Å². The summed E-state index contributed by atoms with van der Waals surface area (Å²) in [5.74, 6) is -0.219. The molecule has 2 heterocycles. The van der Waals surface area contributed by atoms with Crippen LogP contribution in [-0.4, -0.2) is 47.9 Å². The summed E-state index contributed by atoms with van der Waals surface area (Å²) in [6.45, 7) is 3.24. The number of nitrogens with two attached hydrogens (primary N) is 1. The number of anilines is 2. The Labute approximate surface area is 127 Å². The molecule has 1 fully saturated rings. The molecule has 1 aliphatic heterocycles. The van der Waals surface area contributed by atoms with Gasteiger partial charge in [-0.15, -0.1) is 0 Å². The predicted octanol–water partition coefficient (Wildman–Crippen LogP) is 0.898. The molecule has 21 heavy (non-hydrogen) atoms. The van der Waals surface area contributed by atoms with E-state index < -0.39 is 6.04 Å². The molecule has 7 nitrogen and oxygen atoms in total. The third-order valence-electron chi connectivity index (χ3n) is 3.46. The minimum atomic E-state index is -0.560. The molecule has 4 N–H and O–H groups in total. The molecule has 0 spiro atoms. The second kappa shape index (κ2) is 6.75. The highest BCUT2D eigenvalue weighted by atomic mass is 32.1. The average Bonchev–Trinajstić information content (AvgIpc) is 2.88. The maximum Gasteiger partial charge on any atom is 0.265 e. The summed E-state index contributed by atoms with van der Waals surface area (Å²) in [6, 6.07) is -0.560. The zero-order valence-corrected chi connectivity index (χ0v) is 13.1. The summed E-state index contributed by atoms with van der Waals surface area (Å²) in [6.07, 6.45) is 3.22. The minimum Gasteiger partial charge on any atom is -0.382 e. The molecule has 1 unspecified atom stereocenters. The van der Waals surface area contributed by atoms with Crippen LogP contribution in [-0.2, 0) is 4.79 Å². The van der Waals surface area contributed by atoms with Crippen LogP contribution in [0, 0.1) is 0 Å². The number of nitrogens with one attached hydrogen (secondary N) is 2. The van der Waals surface area contributed by atoms with E-state index in [0.29, 0.717) is 10.0 Å². The number of nitrogen functional groups attached to an aromatic ring is 1. The number of thiazole rings is 1. The van der Waals surface area contributed by atoms with Gasteiger partial charge in [-0.1, -0.05) is 11.3 Å². The van der Waals surface area contributed by atoms with Crippen LogP contribution in [0.4, 0.5) is 10.9 Å². The van der Waals surface area contributed by atoms with E-state index in [1.165, 1.54) is 11.3 Å². The molecule has 1 aromatic rings. The van der Waals surface area contributed by atoms with Crippen molar-refractivity contribution in [3.05, 3.63) is 4.88 Å². The number of nitrogens with zero attached hydrogens (tertiary/aromatic N) is 2. The Hall–Kier alpha value is -1.83. The van der Waals surface area contributed by atoms with Crippen molar-refractivity contribution < 1.29 is 9.59 Å². The van der Waals surface area contributed by atoms with E-state index in [9.17, 15) is 9.59 Å². The van der Waals surface area contributed by atoms with Gasteiger partial charge in [-0.25, -0.2) is 4.98 Å². The van der Waals surface area contributed by atoms with Crippen molar-refractivity contribution in [3.63, 3.8) is 0 Å². The molecule has 0 radical (unpaired) electrons. The standard InChI is InChI=1S/C13H21N5O2S/c1-8(12(20)18-6-4-3-5-7-18)16-11(19)9-10(14)17-13(15-2)21-9/h8H,3-7,14H2,1-2H3,(H,15,17)(H,16,19). The minimum absolute atomic E-state index is 0.0417. The number of carbonyl (C=O) groups excluding carboxylic acids is 2. The van der Waals surface area contributed by atoms with E-state index in [2.05, 4.69) is 15.6 Å². The van der Waals surface area contributed by atoms with Crippen LogP contribution < -0.4 is 16.4 Å². The van der Waals surface area contributed by atoms with E-state index in [0.717, 1.165) is 32.4 Å². The zero-order valence-electron chi connectivity index (χ0n) is 12.3. The number of amides is 2. The topological polar surface area (TPSA) is 100 Å². The first-order chi connectivity index (χ1) is 10.0. The highest BCUT2D eigenvalue weighted by Gasteiger charge is 2.25. The lowest BCUT2D eigenvalue weighted by Gasteiger charge is -2.29. The van der Waals surface area contributed by atoms with E-state index in [4.69, 9.17) is 5.73 Å². The molecule has 0 aromatic carbocycles. The second-order valence-corrected chi connectivity index (χ2v) is 6.06. The molecule has 2 rings (SSSR count). The van der Waals surface area contributed by atoms with Crippen LogP contribution in [0.25, 0.3) is 0 Å². The first kappa shape index (κ1) is 15.6. The molecule has 1 aliphatic rings. The molecular formula is C13H21N5O2S. The smallest absolute Gasteiger partial charge is 0.265 e. The summed E-state index contributed by atoms with van der Waals surface area (Å²) < 4.78 is 0. The van der Waals surface area contributed by atoms with E-state index in [-0.39, 0.29) is 17.6 Å². The number of likely N-dealkylation sites (tertiary alicyclic amines) is 1. The number of rotatable bonds is 4. The largest absolute Gasteiger partial charge is 0.382 e.